The molecule has 7 heteroatoms. The van der Waals surface area contributed by atoms with Gasteiger partial charge in [0.05, 0.1) is 30.8 Å². The van der Waals surface area contributed by atoms with Gasteiger partial charge < -0.3 is 9.05 Å². The van der Waals surface area contributed by atoms with Gasteiger partial charge in [0.2, 0.25) is 0 Å². The lowest BCUT2D eigenvalue weighted by Crippen LogP contribution is -2.27. The van der Waals surface area contributed by atoms with Crippen LogP contribution >= 0.6 is 7.60 Å². The van der Waals surface area contributed by atoms with Gasteiger partial charge in [0.1, 0.15) is 5.82 Å². The second-order valence-electron chi connectivity index (χ2n) is 4.97. The highest BCUT2D eigenvalue weighted by Gasteiger charge is 2.28. The average molecular weight is 328 g/mol. The predicted molar refractivity (Wildman–Crippen MR) is 86.1 cm³/mol. The van der Waals surface area contributed by atoms with E-state index in [1.807, 2.05) is 0 Å². The summed E-state index contributed by atoms with van der Waals surface area (Å²) in [5, 5.41) is 6.33. The Balaban J connectivity index is 2.13. The van der Waals surface area contributed by atoms with E-state index in [-0.39, 0.29) is 12.0 Å². The first-order chi connectivity index (χ1) is 10.6. The molecule has 1 aromatic carbocycles. The summed E-state index contributed by atoms with van der Waals surface area (Å²) in [6, 6.07) is 6.19. The average Bonchev–Trinajstić information content (AvgIpc) is 2.48. The van der Waals surface area contributed by atoms with Gasteiger partial charge in [-0.1, -0.05) is 0 Å². The summed E-state index contributed by atoms with van der Waals surface area (Å²) in [5.41, 5.74) is 1.61. The van der Waals surface area contributed by atoms with Crippen LogP contribution in [0.4, 0.5) is 10.1 Å². The van der Waals surface area contributed by atoms with Crippen molar-refractivity contribution in [1.29, 1.82) is 0 Å². The van der Waals surface area contributed by atoms with Gasteiger partial charge in [0.25, 0.3) is 0 Å². The Hall–Kier alpha value is -1.23. The molecule has 0 saturated heterocycles. The first kappa shape index (κ1) is 17.1. The number of rotatable bonds is 7. The van der Waals surface area contributed by atoms with Gasteiger partial charge in [-0.2, -0.15) is 5.10 Å². The fourth-order valence-electron chi connectivity index (χ4n) is 2.36. The molecule has 22 heavy (non-hydrogen) atoms. The van der Waals surface area contributed by atoms with Crippen molar-refractivity contribution in [2.24, 2.45) is 5.10 Å². The van der Waals surface area contributed by atoms with E-state index in [4.69, 9.17) is 9.05 Å². The van der Waals surface area contributed by atoms with Crippen molar-refractivity contribution in [1.82, 2.24) is 0 Å². The molecule has 0 unspecified atom stereocenters. The quantitative estimate of drug-likeness (QED) is 0.709. The minimum absolute atomic E-state index is 0.201. The van der Waals surface area contributed by atoms with E-state index in [1.165, 1.54) is 12.1 Å². The van der Waals surface area contributed by atoms with Crippen LogP contribution < -0.4 is 5.01 Å². The summed E-state index contributed by atoms with van der Waals surface area (Å²) in [5.74, 6) is -0.276. The molecule has 0 amide bonds. The molecule has 0 atom stereocenters. The molecule has 1 aliphatic heterocycles. The van der Waals surface area contributed by atoms with E-state index < -0.39 is 7.60 Å². The fourth-order valence-corrected chi connectivity index (χ4v) is 4.07. The Labute approximate surface area is 130 Å². The molecule has 2 rings (SSSR count). The van der Waals surface area contributed by atoms with E-state index in [9.17, 15) is 8.96 Å². The predicted octanol–water partition coefficient (Wildman–Crippen LogP) is 4.05. The maximum atomic E-state index is 13.0. The fraction of sp³-hybridized carbons (Fsp3) is 0.533. The largest absolute Gasteiger partial charge is 0.336 e. The van der Waals surface area contributed by atoms with Crippen LogP contribution in [-0.4, -0.2) is 31.6 Å². The van der Waals surface area contributed by atoms with Gasteiger partial charge in [-0.05, 0) is 51.0 Å². The van der Waals surface area contributed by atoms with Crippen LogP contribution in [0.25, 0.3) is 0 Å². The summed E-state index contributed by atoms with van der Waals surface area (Å²) in [6.45, 7) is 5.01. The summed E-state index contributed by atoms with van der Waals surface area (Å²) in [4.78, 5) is 0. The van der Waals surface area contributed by atoms with Crippen LogP contribution in [-0.2, 0) is 13.6 Å². The Bertz CT molecular complexity index is 552. The first-order valence-corrected chi connectivity index (χ1v) is 9.26. The Morgan fingerprint density at radius 1 is 1.23 bits per heavy atom. The number of halogens is 1. The zero-order valence-electron chi connectivity index (χ0n) is 13.0. The van der Waals surface area contributed by atoms with Crippen molar-refractivity contribution in [2.45, 2.75) is 26.7 Å². The summed E-state index contributed by atoms with van der Waals surface area (Å²) in [6.07, 6.45) is 1.86. The lowest BCUT2D eigenvalue weighted by Gasteiger charge is -2.27. The van der Waals surface area contributed by atoms with Gasteiger partial charge >= 0.3 is 7.60 Å². The van der Waals surface area contributed by atoms with Crippen molar-refractivity contribution in [2.75, 3.05) is 30.9 Å². The Morgan fingerprint density at radius 2 is 1.86 bits per heavy atom. The molecule has 0 spiro atoms. The minimum atomic E-state index is -3.13. The molecule has 5 nitrogen and oxygen atoms in total. The molecule has 0 fully saturated rings. The first-order valence-electron chi connectivity index (χ1n) is 7.54. The second-order valence-corrected chi connectivity index (χ2v) is 7.03. The standard InChI is InChI=1S/C15H22FN2O3P/c1-3-20-22(19,21-4-2)12-14-6-5-11-18(17-14)15-9-7-13(16)8-10-15/h7-10H,3-6,11-12H2,1-2H3. The topological polar surface area (TPSA) is 51.1 Å². The van der Waals surface area contributed by atoms with Gasteiger partial charge in [-0.25, -0.2) is 4.39 Å². The van der Waals surface area contributed by atoms with Crippen LogP contribution in [0, 0.1) is 5.82 Å². The molecule has 1 aliphatic rings. The molecule has 0 radical (unpaired) electrons. The number of hydrogen-bond acceptors (Lipinski definition) is 5. The number of hydrazone groups is 1. The van der Waals surface area contributed by atoms with Crippen LogP contribution in [0.5, 0.6) is 0 Å². The third-order valence-corrected chi connectivity index (χ3v) is 5.31. The molecule has 0 aliphatic carbocycles. The Morgan fingerprint density at radius 3 is 2.45 bits per heavy atom. The molecule has 122 valence electrons. The van der Waals surface area contributed by atoms with E-state index in [2.05, 4.69) is 5.10 Å². The van der Waals surface area contributed by atoms with Crippen LogP contribution in [0.2, 0.25) is 0 Å². The molecule has 0 saturated carbocycles. The van der Waals surface area contributed by atoms with Crippen molar-refractivity contribution in [3.63, 3.8) is 0 Å². The van der Waals surface area contributed by atoms with Gasteiger partial charge in [0.15, 0.2) is 0 Å². The minimum Gasteiger partial charge on any atom is -0.309 e. The maximum absolute atomic E-state index is 13.0. The number of anilines is 1. The SMILES string of the molecule is CCOP(=O)(CC1=NN(c2ccc(F)cc2)CCC1)OCC. The molecule has 1 heterocycles. The highest BCUT2D eigenvalue weighted by atomic mass is 31.2. The van der Waals surface area contributed by atoms with Crippen molar-refractivity contribution in [3.8, 4) is 0 Å². The van der Waals surface area contributed by atoms with Crippen LogP contribution in [0.15, 0.2) is 29.4 Å². The highest BCUT2D eigenvalue weighted by Crippen LogP contribution is 2.48. The summed E-state index contributed by atoms with van der Waals surface area (Å²) < 4.78 is 36.2. The van der Waals surface area contributed by atoms with E-state index in [0.717, 1.165) is 30.8 Å². The Kier molecular flexibility index (Phi) is 6.12. The summed E-state index contributed by atoms with van der Waals surface area (Å²) >= 11 is 0. The zero-order valence-corrected chi connectivity index (χ0v) is 13.9. The second kappa shape index (κ2) is 7.86. The monoisotopic (exact) mass is 328 g/mol. The number of hydrogen-bond donors (Lipinski definition) is 0. The normalized spacial score (nSPS) is 15.8. The molecule has 1 aromatic rings. The van der Waals surface area contributed by atoms with E-state index >= 15 is 0 Å². The van der Waals surface area contributed by atoms with Gasteiger partial charge in [-0.15, -0.1) is 0 Å². The molecular weight excluding hydrogens is 306 g/mol. The van der Waals surface area contributed by atoms with E-state index in [0.29, 0.717) is 13.2 Å². The summed E-state index contributed by atoms with van der Waals surface area (Å²) in [7, 11) is -3.13. The third-order valence-electron chi connectivity index (χ3n) is 3.25. The zero-order chi connectivity index (χ0) is 16.0. The number of nitrogens with zero attached hydrogens (tertiary/aromatic N) is 2. The van der Waals surface area contributed by atoms with Crippen molar-refractivity contribution < 1.29 is 18.0 Å². The number of benzene rings is 1. The molecule has 0 aromatic heterocycles. The van der Waals surface area contributed by atoms with Gasteiger partial charge in [0, 0.05) is 6.54 Å². The lowest BCUT2D eigenvalue weighted by molar-refractivity contribution is 0.223. The van der Waals surface area contributed by atoms with Gasteiger partial charge in [-0.3, -0.25) is 9.57 Å². The molecule has 0 bridgehead atoms. The third kappa shape index (κ3) is 4.63. The van der Waals surface area contributed by atoms with Crippen LogP contribution in [0.1, 0.15) is 26.7 Å². The smallest absolute Gasteiger partial charge is 0.309 e. The van der Waals surface area contributed by atoms with Crippen LogP contribution in [0.3, 0.4) is 0 Å². The lowest BCUT2D eigenvalue weighted by atomic mass is 10.2. The van der Waals surface area contributed by atoms with E-state index in [1.54, 1.807) is 31.0 Å². The highest BCUT2D eigenvalue weighted by molar-refractivity contribution is 7.54. The molecule has 0 N–H and O–H groups in total. The van der Waals surface area contributed by atoms with Crippen molar-refractivity contribution in [3.05, 3.63) is 30.1 Å². The maximum Gasteiger partial charge on any atom is 0.336 e. The van der Waals surface area contributed by atoms with Crippen molar-refractivity contribution >= 4 is 19.0 Å². The molecular formula is C15H22FN2O3P.